The Morgan fingerprint density at radius 3 is 2.79 bits per heavy atom. The highest BCUT2D eigenvalue weighted by molar-refractivity contribution is 5.66. The van der Waals surface area contributed by atoms with Crippen LogP contribution in [-0.2, 0) is 6.42 Å². The predicted molar refractivity (Wildman–Crippen MR) is 122 cm³/mol. The highest BCUT2D eigenvalue weighted by atomic mass is 16.5. The normalized spacial score (nSPS) is 15.6. The largest absolute Gasteiger partial charge is 0.495 e. The van der Waals surface area contributed by atoms with E-state index in [1.165, 1.54) is 17.6 Å². The van der Waals surface area contributed by atoms with Gasteiger partial charge in [0, 0.05) is 30.1 Å². The van der Waals surface area contributed by atoms with Crippen molar-refractivity contribution in [2.75, 3.05) is 20.2 Å². The van der Waals surface area contributed by atoms with Crippen molar-refractivity contribution < 1.29 is 19.2 Å². The smallest absolute Gasteiger partial charge is 0.407 e. The van der Waals surface area contributed by atoms with E-state index in [0.717, 1.165) is 17.5 Å². The molecule has 4 rings (SSSR count). The van der Waals surface area contributed by atoms with Crippen molar-refractivity contribution in [3.8, 4) is 34.7 Å². The number of amides is 1. The molecule has 1 atom stereocenters. The molecule has 0 spiro atoms. The van der Waals surface area contributed by atoms with Crippen LogP contribution >= 0.6 is 0 Å². The van der Waals surface area contributed by atoms with E-state index in [1.807, 2.05) is 12.1 Å². The summed E-state index contributed by atoms with van der Waals surface area (Å²) in [5.41, 5.74) is 4.14. The molecule has 1 amide bonds. The van der Waals surface area contributed by atoms with Gasteiger partial charge in [0.15, 0.2) is 0 Å². The molecular weight excluding hydrogens is 420 g/mol. The average molecular weight is 447 g/mol. The maximum Gasteiger partial charge on any atom is 0.407 e. The summed E-state index contributed by atoms with van der Waals surface area (Å²) in [6.45, 7) is 5.27. The van der Waals surface area contributed by atoms with Gasteiger partial charge in [0.25, 0.3) is 5.89 Å². The molecule has 33 heavy (non-hydrogen) atoms. The minimum Gasteiger partial charge on any atom is -0.495 e. The number of carbonyl (C=O) groups is 1. The van der Waals surface area contributed by atoms with E-state index in [1.54, 1.807) is 18.2 Å². The molecule has 0 fully saturated rings. The number of benzene rings is 2. The molecule has 1 unspecified atom stereocenters. The fraction of sp³-hybridized carbons (Fsp3) is 0.360. The van der Waals surface area contributed by atoms with E-state index in [-0.39, 0.29) is 5.92 Å². The van der Waals surface area contributed by atoms with E-state index in [2.05, 4.69) is 36.1 Å². The van der Waals surface area contributed by atoms with Crippen LogP contribution in [0.1, 0.15) is 42.9 Å². The SMILES string of the molecule is COc1ccc(-c2nc(-c3ccc4c(c3)CCN(C(=O)O)CC4CC(C)C)no2)cc1C#N. The summed E-state index contributed by atoms with van der Waals surface area (Å²) in [4.78, 5) is 17.7. The van der Waals surface area contributed by atoms with Gasteiger partial charge in [-0.1, -0.05) is 31.1 Å². The van der Waals surface area contributed by atoms with E-state index in [9.17, 15) is 15.2 Å². The molecule has 2 heterocycles. The van der Waals surface area contributed by atoms with E-state index in [4.69, 9.17) is 9.26 Å². The summed E-state index contributed by atoms with van der Waals surface area (Å²) in [6, 6.07) is 13.3. The number of nitrogens with zero attached hydrogens (tertiary/aromatic N) is 4. The molecule has 1 aliphatic rings. The van der Waals surface area contributed by atoms with Gasteiger partial charge in [-0.05, 0) is 54.2 Å². The van der Waals surface area contributed by atoms with E-state index in [0.29, 0.717) is 54.0 Å². The fourth-order valence-corrected chi connectivity index (χ4v) is 4.40. The van der Waals surface area contributed by atoms with Crippen LogP contribution in [0.2, 0.25) is 0 Å². The highest BCUT2D eigenvalue weighted by Gasteiger charge is 2.27. The summed E-state index contributed by atoms with van der Waals surface area (Å²) in [7, 11) is 1.51. The number of carboxylic acid groups (broad SMARTS) is 1. The average Bonchev–Trinajstić information content (AvgIpc) is 3.23. The number of nitriles is 1. The van der Waals surface area contributed by atoms with Crippen LogP contribution in [0.15, 0.2) is 40.9 Å². The van der Waals surface area contributed by atoms with Crippen LogP contribution in [0, 0.1) is 17.2 Å². The van der Waals surface area contributed by atoms with Crippen LogP contribution in [-0.4, -0.2) is 46.4 Å². The number of methoxy groups -OCH3 is 1. The third-order valence-electron chi connectivity index (χ3n) is 5.95. The number of hydrogen-bond acceptors (Lipinski definition) is 6. The molecule has 8 heteroatoms. The van der Waals surface area contributed by atoms with E-state index >= 15 is 0 Å². The zero-order chi connectivity index (χ0) is 23.5. The molecule has 1 aromatic heterocycles. The topological polar surface area (TPSA) is 112 Å². The molecule has 2 aromatic carbocycles. The third-order valence-corrected chi connectivity index (χ3v) is 5.95. The van der Waals surface area contributed by atoms with Gasteiger partial charge in [0.05, 0.1) is 12.7 Å². The van der Waals surface area contributed by atoms with Gasteiger partial charge in [-0.15, -0.1) is 0 Å². The standard InChI is InChI=1S/C25H26N4O4/c1-15(2)10-20-14-29(25(30)31)9-8-16-11-17(4-6-21(16)20)23-27-24(33-28-23)18-5-7-22(32-3)19(12-18)13-26/h4-7,11-12,15,20H,8-10,14H2,1-3H3,(H,30,31). The van der Waals surface area contributed by atoms with Crippen molar-refractivity contribution in [2.24, 2.45) is 5.92 Å². The monoisotopic (exact) mass is 446 g/mol. The summed E-state index contributed by atoms with van der Waals surface area (Å²) < 4.78 is 10.7. The molecule has 0 saturated carbocycles. The van der Waals surface area contributed by atoms with E-state index < -0.39 is 6.09 Å². The van der Waals surface area contributed by atoms with Crippen LogP contribution in [0.25, 0.3) is 22.8 Å². The number of ether oxygens (including phenoxy) is 1. The molecule has 3 aromatic rings. The van der Waals surface area contributed by atoms with Crippen molar-refractivity contribution in [3.63, 3.8) is 0 Å². The Labute approximate surface area is 192 Å². The van der Waals surface area contributed by atoms with Crippen LogP contribution < -0.4 is 4.74 Å². The predicted octanol–water partition coefficient (Wildman–Crippen LogP) is 4.95. The first-order chi connectivity index (χ1) is 15.9. The van der Waals surface area contributed by atoms with Gasteiger partial charge in [0.1, 0.15) is 11.8 Å². The second-order valence-corrected chi connectivity index (χ2v) is 8.67. The number of hydrogen-bond donors (Lipinski definition) is 1. The van der Waals surface area contributed by atoms with Crippen molar-refractivity contribution in [2.45, 2.75) is 32.6 Å². The molecule has 1 aliphatic heterocycles. The second-order valence-electron chi connectivity index (χ2n) is 8.67. The zero-order valence-electron chi connectivity index (χ0n) is 18.9. The Kier molecular flexibility index (Phi) is 6.31. The Balaban J connectivity index is 1.66. The van der Waals surface area contributed by atoms with Gasteiger partial charge >= 0.3 is 6.09 Å². The van der Waals surface area contributed by atoms with Gasteiger partial charge in [-0.25, -0.2) is 4.79 Å². The van der Waals surface area contributed by atoms with Gasteiger partial charge in [-0.2, -0.15) is 10.2 Å². The molecule has 1 N–H and O–H groups in total. The molecule has 0 saturated heterocycles. The Morgan fingerprint density at radius 2 is 2.09 bits per heavy atom. The zero-order valence-corrected chi connectivity index (χ0v) is 18.9. The lowest BCUT2D eigenvalue weighted by atomic mass is 9.86. The molecular formula is C25H26N4O4. The lowest BCUT2D eigenvalue weighted by molar-refractivity contribution is 0.142. The minimum atomic E-state index is -0.879. The number of rotatable bonds is 5. The van der Waals surface area contributed by atoms with Crippen LogP contribution in [0.4, 0.5) is 4.79 Å². The lowest BCUT2D eigenvalue weighted by Crippen LogP contribution is -2.33. The van der Waals surface area contributed by atoms with Crippen molar-refractivity contribution in [3.05, 3.63) is 53.1 Å². The number of aromatic nitrogens is 2. The summed E-state index contributed by atoms with van der Waals surface area (Å²) >= 11 is 0. The first-order valence-corrected chi connectivity index (χ1v) is 10.9. The second kappa shape index (κ2) is 9.33. The maximum atomic E-state index is 11.7. The van der Waals surface area contributed by atoms with Crippen LogP contribution in [0.5, 0.6) is 5.75 Å². The Morgan fingerprint density at radius 1 is 1.30 bits per heavy atom. The Hall–Kier alpha value is -3.86. The summed E-state index contributed by atoms with van der Waals surface area (Å²) in [6.07, 6.45) is 0.677. The minimum absolute atomic E-state index is 0.150. The molecule has 170 valence electrons. The first kappa shape index (κ1) is 22.3. The fourth-order valence-electron chi connectivity index (χ4n) is 4.40. The third kappa shape index (κ3) is 4.67. The summed E-state index contributed by atoms with van der Waals surface area (Å²) in [5, 5.41) is 23.0. The number of fused-ring (bicyclic) bond motifs is 1. The van der Waals surface area contributed by atoms with Crippen LogP contribution in [0.3, 0.4) is 0 Å². The van der Waals surface area contributed by atoms with Gasteiger partial charge in [-0.3, -0.25) is 0 Å². The summed E-state index contributed by atoms with van der Waals surface area (Å²) in [5.74, 6) is 1.85. The van der Waals surface area contributed by atoms with Crippen molar-refractivity contribution in [1.82, 2.24) is 15.0 Å². The van der Waals surface area contributed by atoms with Gasteiger partial charge in [0.2, 0.25) is 5.82 Å². The van der Waals surface area contributed by atoms with Crippen molar-refractivity contribution >= 4 is 6.09 Å². The quantitative estimate of drug-likeness (QED) is 0.590. The highest BCUT2D eigenvalue weighted by Crippen LogP contribution is 2.34. The lowest BCUT2D eigenvalue weighted by Gasteiger charge is -2.24. The molecule has 8 nitrogen and oxygen atoms in total. The first-order valence-electron chi connectivity index (χ1n) is 10.9. The maximum absolute atomic E-state index is 11.7. The Bertz CT molecular complexity index is 1210. The van der Waals surface area contributed by atoms with Gasteiger partial charge < -0.3 is 19.3 Å². The van der Waals surface area contributed by atoms with Crippen molar-refractivity contribution in [1.29, 1.82) is 5.26 Å². The molecule has 0 radical (unpaired) electrons. The molecule has 0 aliphatic carbocycles. The molecule has 0 bridgehead atoms.